The Hall–Kier alpha value is -8.20. The van der Waals surface area contributed by atoms with Crippen molar-refractivity contribution in [2.45, 2.75) is 10.8 Å². The number of anilines is 3. The van der Waals surface area contributed by atoms with E-state index in [9.17, 15) is 0 Å². The van der Waals surface area contributed by atoms with Crippen molar-refractivity contribution in [3.8, 4) is 33.4 Å². The van der Waals surface area contributed by atoms with Crippen LogP contribution in [-0.4, -0.2) is 0 Å². The van der Waals surface area contributed by atoms with Crippen LogP contribution in [0.5, 0.6) is 0 Å². The summed E-state index contributed by atoms with van der Waals surface area (Å²) in [6.07, 6.45) is 0. The molecule has 64 heavy (non-hydrogen) atoms. The summed E-state index contributed by atoms with van der Waals surface area (Å²) in [5.41, 5.74) is 22.1. The van der Waals surface area contributed by atoms with E-state index < -0.39 is 10.8 Å². The molecule has 0 N–H and O–H groups in total. The lowest BCUT2D eigenvalue weighted by molar-refractivity contribution is 0.633. The number of nitrogens with zero attached hydrogens (tertiary/aromatic N) is 1. The van der Waals surface area contributed by atoms with Crippen LogP contribution < -0.4 is 4.90 Å². The Balaban J connectivity index is 1.02. The van der Waals surface area contributed by atoms with Crippen molar-refractivity contribution in [3.63, 3.8) is 0 Å². The van der Waals surface area contributed by atoms with E-state index in [1.807, 2.05) is 6.07 Å². The van der Waals surface area contributed by atoms with Gasteiger partial charge in [0.25, 0.3) is 0 Å². The molecule has 298 valence electrons. The molecule has 0 amide bonds. The summed E-state index contributed by atoms with van der Waals surface area (Å²) >= 11 is 0. The number of fused-ring (bicyclic) bond motifs is 19. The minimum Gasteiger partial charge on any atom is -0.455 e. The van der Waals surface area contributed by atoms with Gasteiger partial charge in [-0.1, -0.05) is 200 Å². The number of rotatable bonds is 4. The van der Waals surface area contributed by atoms with Gasteiger partial charge in [0.2, 0.25) is 0 Å². The molecule has 3 aliphatic carbocycles. The molecular formula is C62H39NO. The number of benzene rings is 10. The van der Waals surface area contributed by atoms with Gasteiger partial charge < -0.3 is 9.32 Å². The predicted octanol–water partition coefficient (Wildman–Crippen LogP) is 15.8. The monoisotopic (exact) mass is 813 g/mol. The first-order valence-corrected chi connectivity index (χ1v) is 22.3. The first-order valence-electron chi connectivity index (χ1n) is 22.3. The van der Waals surface area contributed by atoms with E-state index in [1.165, 1.54) is 66.8 Å². The summed E-state index contributed by atoms with van der Waals surface area (Å²) in [7, 11) is 0. The van der Waals surface area contributed by atoms with Crippen LogP contribution in [0.15, 0.2) is 241 Å². The molecule has 0 unspecified atom stereocenters. The highest BCUT2D eigenvalue weighted by Crippen LogP contribution is 2.68. The number of hydrogen-bond acceptors (Lipinski definition) is 2. The van der Waals surface area contributed by atoms with Crippen molar-refractivity contribution in [1.29, 1.82) is 0 Å². The van der Waals surface area contributed by atoms with Crippen LogP contribution >= 0.6 is 0 Å². The van der Waals surface area contributed by atoms with Crippen molar-refractivity contribution in [2.75, 3.05) is 4.90 Å². The van der Waals surface area contributed by atoms with E-state index in [0.29, 0.717) is 0 Å². The van der Waals surface area contributed by atoms with Crippen molar-refractivity contribution in [3.05, 3.63) is 281 Å². The average molecular weight is 814 g/mol. The van der Waals surface area contributed by atoms with Gasteiger partial charge in [0.05, 0.1) is 16.5 Å². The summed E-state index contributed by atoms with van der Waals surface area (Å²) in [4.78, 5) is 2.45. The van der Waals surface area contributed by atoms with E-state index in [0.717, 1.165) is 50.1 Å². The van der Waals surface area contributed by atoms with Gasteiger partial charge in [0.1, 0.15) is 11.2 Å². The molecule has 0 saturated heterocycles. The Kier molecular flexibility index (Phi) is 7.28. The van der Waals surface area contributed by atoms with Crippen molar-refractivity contribution in [2.24, 2.45) is 0 Å². The Morgan fingerprint density at radius 3 is 1.38 bits per heavy atom. The highest BCUT2D eigenvalue weighted by Gasteiger charge is 2.59. The fourth-order valence-electron chi connectivity index (χ4n) is 12.2. The van der Waals surface area contributed by atoms with Crippen LogP contribution in [0.4, 0.5) is 17.1 Å². The molecular weight excluding hydrogens is 775 g/mol. The standard InChI is InChI=1S/C62H39NO/c1-2-18-41(19-3-1)63(42-38-36-40(37-39-42)43-24-16-25-47-46-22-7-15-35-58(46)64-60(43)47)57-34-17-33-56-59(57)48-23-6-10-28-51(48)62(56)54-31-13-11-29-52(54)61(53-30-12-14-32-55(53)62)49-26-8-4-20-44(49)45-21-5-9-27-50(45)61/h1-39H. The van der Waals surface area contributed by atoms with Crippen LogP contribution in [0.25, 0.3) is 55.3 Å². The van der Waals surface area contributed by atoms with Gasteiger partial charge in [-0.3, -0.25) is 0 Å². The zero-order chi connectivity index (χ0) is 42.0. The summed E-state index contributed by atoms with van der Waals surface area (Å²) in [5.74, 6) is 0. The third-order valence-electron chi connectivity index (χ3n) is 14.6. The topological polar surface area (TPSA) is 16.4 Å². The van der Waals surface area contributed by atoms with Crippen molar-refractivity contribution in [1.82, 2.24) is 0 Å². The van der Waals surface area contributed by atoms with Crippen molar-refractivity contribution < 1.29 is 4.42 Å². The molecule has 2 spiro atoms. The van der Waals surface area contributed by atoms with Gasteiger partial charge in [0.15, 0.2) is 0 Å². The molecule has 0 atom stereocenters. The number of furan rings is 1. The predicted molar refractivity (Wildman–Crippen MR) is 262 cm³/mol. The Morgan fingerprint density at radius 1 is 0.297 bits per heavy atom. The van der Waals surface area contributed by atoms with E-state index in [1.54, 1.807) is 0 Å². The molecule has 3 aliphatic rings. The lowest BCUT2D eigenvalue weighted by Crippen LogP contribution is -2.43. The zero-order valence-corrected chi connectivity index (χ0v) is 34.9. The zero-order valence-electron chi connectivity index (χ0n) is 34.9. The van der Waals surface area contributed by atoms with Crippen LogP contribution in [0, 0.1) is 0 Å². The van der Waals surface area contributed by atoms with E-state index >= 15 is 0 Å². The van der Waals surface area contributed by atoms with Crippen LogP contribution in [0.3, 0.4) is 0 Å². The molecule has 2 nitrogen and oxygen atoms in total. The second-order valence-electron chi connectivity index (χ2n) is 17.4. The Labute approximate surface area is 372 Å². The van der Waals surface area contributed by atoms with E-state index in [-0.39, 0.29) is 0 Å². The fraction of sp³-hybridized carbons (Fsp3) is 0.0323. The van der Waals surface area contributed by atoms with Crippen molar-refractivity contribution >= 4 is 39.0 Å². The molecule has 10 aromatic carbocycles. The van der Waals surface area contributed by atoms with Crippen LogP contribution in [-0.2, 0) is 10.8 Å². The Morgan fingerprint density at radius 2 is 0.734 bits per heavy atom. The van der Waals surface area contributed by atoms with Gasteiger partial charge in [-0.05, 0) is 103 Å². The molecule has 2 heteroatoms. The van der Waals surface area contributed by atoms with Gasteiger partial charge >= 0.3 is 0 Å². The molecule has 0 bridgehead atoms. The third kappa shape index (κ3) is 4.44. The van der Waals surface area contributed by atoms with E-state index in [2.05, 4.69) is 235 Å². The molecule has 0 radical (unpaired) electrons. The Bertz CT molecular complexity index is 3590. The molecule has 1 heterocycles. The maximum absolute atomic E-state index is 6.50. The van der Waals surface area contributed by atoms with Gasteiger partial charge in [-0.25, -0.2) is 0 Å². The van der Waals surface area contributed by atoms with Gasteiger partial charge in [0, 0.05) is 33.3 Å². The largest absolute Gasteiger partial charge is 0.455 e. The van der Waals surface area contributed by atoms with Gasteiger partial charge in [-0.15, -0.1) is 0 Å². The second-order valence-corrected chi connectivity index (χ2v) is 17.4. The minimum absolute atomic E-state index is 0.481. The highest BCUT2D eigenvalue weighted by atomic mass is 16.3. The lowest BCUT2D eigenvalue weighted by atomic mass is 9.52. The summed E-state index contributed by atoms with van der Waals surface area (Å²) < 4.78 is 6.50. The first-order chi connectivity index (χ1) is 31.8. The SMILES string of the molecule is c1ccc(N(c2ccc(-c3cccc4c3oc3ccccc34)cc2)c2cccc3c2-c2ccccc2C32c3ccccc3C3(c4ccccc4-c4ccccc43)c3ccccc32)cc1. The smallest absolute Gasteiger partial charge is 0.143 e. The maximum Gasteiger partial charge on any atom is 0.143 e. The highest BCUT2D eigenvalue weighted by molar-refractivity contribution is 6.09. The first kappa shape index (κ1) is 35.4. The minimum atomic E-state index is -0.579. The molecule has 0 fully saturated rings. The number of para-hydroxylation sites is 3. The maximum atomic E-state index is 6.50. The number of hydrogen-bond donors (Lipinski definition) is 0. The molecule has 0 saturated carbocycles. The molecule has 1 aromatic heterocycles. The second kappa shape index (κ2) is 13.2. The quantitative estimate of drug-likeness (QED) is 0.176. The summed E-state index contributed by atoms with van der Waals surface area (Å²) in [6.45, 7) is 0. The summed E-state index contributed by atoms with van der Waals surface area (Å²) in [5, 5.41) is 2.27. The molecule has 14 rings (SSSR count). The lowest BCUT2D eigenvalue weighted by Gasteiger charge is -2.48. The normalized spacial score (nSPS) is 14.2. The third-order valence-corrected chi connectivity index (χ3v) is 14.6. The van der Waals surface area contributed by atoms with Crippen LogP contribution in [0.2, 0.25) is 0 Å². The summed E-state index contributed by atoms with van der Waals surface area (Å²) in [6, 6.07) is 87.7. The van der Waals surface area contributed by atoms with Gasteiger partial charge in [-0.2, -0.15) is 0 Å². The molecule has 0 aliphatic heterocycles. The van der Waals surface area contributed by atoms with Crippen LogP contribution in [0.1, 0.15) is 44.5 Å². The van der Waals surface area contributed by atoms with E-state index in [4.69, 9.17) is 4.42 Å². The molecule has 11 aromatic rings. The fourth-order valence-corrected chi connectivity index (χ4v) is 12.2. The average Bonchev–Trinajstić information content (AvgIpc) is 4.00.